The predicted octanol–water partition coefficient (Wildman–Crippen LogP) is 2.64. The van der Waals surface area contributed by atoms with Crippen molar-refractivity contribution in [1.82, 2.24) is 0 Å². The number of carbonyl (C=O) groups excluding carboxylic acids is 1. The number of aryl methyl sites for hydroxylation is 1. The summed E-state index contributed by atoms with van der Waals surface area (Å²) >= 11 is 0. The SMILES string of the molecule is Cc1cc(C(=O)c2ccccc2)c(O)cc1O. The molecule has 3 nitrogen and oxygen atoms in total. The third kappa shape index (κ3) is 2.13. The summed E-state index contributed by atoms with van der Waals surface area (Å²) in [5.41, 5.74) is 1.27. The van der Waals surface area contributed by atoms with Gasteiger partial charge in [-0.15, -0.1) is 0 Å². The fourth-order valence-corrected chi connectivity index (χ4v) is 1.61. The van der Waals surface area contributed by atoms with E-state index in [1.807, 2.05) is 6.07 Å². The maximum atomic E-state index is 12.1. The second-order valence-corrected chi connectivity index (χ2v) is 3.85. The molecule has 0 aliphatic rings. The van der Waals surface area contributed by atoms with Crippen molar-refractivity contribution >= 4 is 5.78 Å². The fraction of sp³-hybridized carbons (Fsp3) is 0.0714. The maximum Gasteiger partial charge on any atom is 0.196 e. The van der Waals surface area contributed by atoms with Crippen LogP contribution < -0.4 is 0 Å². The zero-order valence-electron chi connectivity index (χ0n) is 9.34. The molecule has 0 saturated heterocycles. The minimum atomic E-state index is -0.258. The molecule has 0 fully saturated rings. The molecule has 2 rings (SSSR count). The molecule has 0 aromatic heterocycles. The van der Waals surface area contributed by atoms with E-state index in [4.69, 9.17) is 0 Å². The van der Waals surface area contributed by atoms with Crippen LogP contribution in [-0.4, -0.2) is 16.0 Å². The second-order valence-electron chi connectivity index (χ2n) is 3.85. The quantitative estimate of drug-likeness (QED) is 0.777. The Balaban J connectivity index is 2.48. The average molecular weight is 228 g/mol. The topological polar surface area (TPSA) is 57.5 Å². The Morgan fingerprint density at radius 1 is 1.00 bits per heavy atom. The minimum Gasteiger partial charge on any atom is -0.508 e. The molecule has 0 bridgehead atoms. The Hall–Kier alpha value is -2.29. The molecule has 0 spiro atoms. The lowest BCUT2D eigenvalue weighted by molar-refractivity contribution is 0.103. The molecule has 0 unspecified atom stereocenters. The summed E-state index contributed by atoms with van der Waals surface area (Å²) in [7, 11) is 0. The van der Waals surface area contributed by atoms with Gasteiger partial charge in [-0.25, -0.2) is 0 Å². The number of carbonyl (C=O) groups is 1. The number of hydrogen-bond donors (Lipinski definition) is 2. The van der Waals surface area contributed by atoms with Crippen molar-refractivity contribution in [2.24, 2.45) is 0 Å². The Labute approximate surface area is 99.0 Å². The van der Waals surface area contributed by atoms with Crippen LogP contribution in [0.25, 0.3) is 0 Å². The summed E-state index contributed by atoms with van der Waals surface area (Å²) in [4.78, 5) is 12.1. The van der Waals surface area contributed by atoms with Gasteiger partial charge in [-0.2, -0.15) is 0 Å². The molecule has 0 radical (unpaired) electrons. The first-order valence-corrected chi connectivity index (χ1v) is 5.22. The lowest BCUT2D eigenvalue weighted by Crippen LogP contribution is -2.01. The maximum absolute atomic E-state index is 12.1. The highest BCUT2D eigenvalue weighted by atomic mass is 16.3. The van der Waals surface area contributed by atoms with Crippen molar-refractivity contribution in [3.63, 3.8) is 0 Å². The summed E-state index contributed by atoms with van der Waals surface area (Å²) in [6.07, 6.45) is 0. The van der Waals surface area contributed by atoms with E-state index >= 15 is 0 Å². The molecule has 2 aromatic rings. The second kappa shape index (κ2) is 4.29. The van der Waals surface area contributed by atoms with E-state index in [1.54, 1.807) is 31.2 Å². The van der Waals surface area contributed by atoms with Crippen molar-refractivity contribution in [3.8, 4) is 11.5 Å². The Bertz CT molecular complexity index is 559. The van der Waals surface area contributed by atoms with Gasteiger partial charge >= 0.3 is 0 Å². The number of ketones is 1. The van der Waals surface area contributed by atoms with Gasteiger partial charge in [0.2, 0.25) is 0 Å². The van der Waals surface area contributed by atoms with Gasteiger partial charge in [-0.3, -0.25) is 4.79 Å². The van der Waals surface area contributed by atoms with E-state index in [0.29, 0.717) is 11.1 Å². The zero-order valence-corrected chi connectivity index (χ0v) is 9.34. The van der Waals surface area contributed by atoms with Gasteiger partial charge in [0.15, 0.2) is 5.78 Å². The zero-order chi connectivity index (χ0) is 12.4. The van der Waals surface area contributed by atoms with E-state index in [0.717, 1.165) is 0 Å². The van der Waals surface area contributed by atoms with Crippen molar-refractivity contribution in [2.45, 2.75) is 6.92 Å². The smallest absolute Gasteiger partial charge is 0.196 e. The monoisotopic (exact) mass is 228 g/mol. The third-order valence-corrected chi connectivity index (χ3v) is 2.59. The molecular weight excluding hydrogens is 216 g/mol. The first-order valence-electron chi connectivity index (χ1n) is 5.22. The highest BCUT2D eigenvalue weighted by Crippen LogP contribution is 2.28. The van der Waals surface area contributed by atoms with Crippen LogP contribution in [0.2, 0.25) is 0 Å². The minimum absolute atomic E-state index is 0.0212. The Kier molecular flexibility index (Phi) is 2.83. The number of benzene rings is 2. The van der Waals surface area contributed by atoms with E-state index in [-0.39, 0.29) is 22.8 Å². The lowest BCUT2D eigenvalue weighted by atomic mass is 10.0. The summed E-state index contributed by atoms with van der Waals surface area (Å²) in [6, 6.07) is 11.4. The highest BCUT2D eigenvalue weighted by molar-refractivity contribution is 6.10. The van der Waals surface area contributed by atoms with Crippen LogP contribution in [0.1, 0.15) is 21.5 Å². The van der Waals surface area contributed by atoms with Gasteiger partial charge in [0.25, 0.3) is 0 Å². The highest BCUT2D eigenvalue weighted by Gasteiger charge is 2.15. The Morgan fingerprint density at radius 3 is 2.29 bits per heavy atom. The molecule has 3 heteroatoms. The largest absolute Gasteiger partial charge is 0.508 e. The summed E-state index contributed by atoms with van der Waals surface area (Å²) in [5.74, 6) is -0.486. The van der Waals surface area contributed by atoms with Crippen LogP contribution in [0.4, 0.5) is 0 Å². The lowest BCUT2D eigenvalue weighted by Gasteiger charge is -2.06. The summed E-state index contributed by atoms with van der Waals surface area (Å²) in [6.45, 7) is 1.68. The molecule has 0 atom stereocenters. The standard InChI is InChI=1S/C14H12O3/c1-9-7-11(13(16)8-12(9)15)14(17)10-5-3-2-4-6-10/h2-8,15-16H,1H3. The molecular formula is C14H12O3. The number of phenols is 2. The summed E-state index contributed by atoms with van der Waals surface area (Å²) < 4.78 is 0. The van der Waals surface area contributed by atoms with Gasteiger partial charge < -0.3 is 10.2 Å². The molecule has 0 heterocycles. The van der Waals surface area contributed by atoms with Gasteiger partial charge in [-0.05, 0) is 18.6 Å². The van der Waals surface area contributed by atoms with E-state index in [9.17, 15) is 15.0 Å². The number of hydrogen-bond acceptors (Lipinski definition) is 3. The van der Waals surface area contributed by atoms with Gasteiger partial charge in [0.05, 0.1) is 5.56 Å². The number of aromatic hydroxyl groups is 2. The Morgan fingerprint density at radius 2 is 1.65 bits per heavy atom. The molecule has 0 saturated carbocycles. The normalized spacial score (nSPS) is 10.2. The van der Waals surface area contributed by atoms with Crippen molar-refractivity contribution in [3.05, 3.63) is 59.2 Å². The van der Waals surface area contributed by atoms with Gasteiger partial charge in [-0.1, -0.05) is 30.3 Å². The number of rotatable bonds is 2. The van der Waals surface area contributed by atoms with E-state index < -0.39 is 0 Å². The van der Waals surface area contributed by atoms with Crippen molar-refractivity contribution in [1.29, 1.82) is 0 Å². The molecule has 86 valence electrons. The van der Waals surface area contributed by atoms with E-state index in [2.05, 4.69) is 0 Å². The van der Waals surface area contributed by atoms with Gasteiger partial charge in [0.1, 0.15) is 11.5 Å². The van der Waals surface area contributed by atoms with Crippen LogP contribution in [-0.2, 0) is 0 Å². The van der Waals surface area contributed by atoms with Crippen LogP contribution in [0.3, 0.4) is 0 Å². The molecule has 0 aliphatic heterocycles. The van der Waals surface area contributed by atoms with Crippen molar-refractivity contribution < 1.29 is 15.0 Å². The van der Waals surface area contributed by atoms with Gasteiger partial charge in [0, 0.05) is 11.6 Å². The first-order chi connectivity index (χ1) is 8.09. The van der Waals surface area contributed by atoms with Crippen LogP contribution in [0, 0.1) is 6.92 Å². The molecule has 0 amide bonds. The third-order valence-electron chi connectivity index (χ3n) is 2.59. The van der Waals surface area contributed by atoms with Crippen molar-refractivity contribution in [2.75, 3.05) is 0 Å². The average Bonchev–Trinajstić information content (AvgIpc) is 2.34. The first kappa shape index (κ1) is 11.2. The van der Waals surface area contributed by atoms with Crippen LogP contribution in [0.5, 0.6) is 11.5 Å². The molecule has 17 heavy (non-hydrogen) atoms. The number of phenolic OH excluding ortho intramolecular Hbond substituents is 2. The fourth-order valence-electron chi connectivity index (χ4n) is 1.61. The van der Waals surface area contributed by atoms with E-state index in [1.165, 1.54) is 12.1 Å². The van der Waals surface area contributed by atoms with Crippen LogP contribution >= 0.6 is 0 Å². The molecule has 2 N–H and O–H groups in total. The van der Waals surface area contributed by atoms with Crippen LogP contribution in [0.15, 0.2) is 42.5 Å². The molecule has 2 aromatic carbocycles. The molecule has 0 aliphatic carbocycles. The predicted molar refractivity (Wildman–Crippen MR) is 64.4 cm³/mol. The summed E-state index contributed by atoms with van der Waals surface area (Å²) in [5, 5.41) is 19.1.